The predicted octanol–water partition coefficient (Wildman–Crippen LogP) is 2.46. The van der Waals surface area contributed by atoms with E-state index >= 15 is 0 Å². The fourth-order valence-corrected chi connectivity index (χ4v) is 3.28. The largest absolute Gasteiger partial charge is 0.480 e. The van der Waals surface area contributed by atoms with E-state index in [0.717, 1.165) is 38.8 Å². The van der Waals surface area contributed by atoms with Crippen LogP contribution in [-0.2, 0) is 4.79 Å². The van der Waals surface area contributed by atoms with Crippen LogP contribution in [0, 0.1) is 11.8 Å². The summed E-state index contributed by atoms with van der Waals surface area (Å²) in [5.74, 6) is 0.229. The fourth-order valence-electron chi connectivity index (χ4n) is 3.28. The van der Waals surface area contributed by atoms with E-state index in [1.165, 1.54) is 0 Å². The van der Waals surface area contributed by atoms with Crippen molar-refractivity contribution in [1.29, 1.82) is 0 Å². The van der Waals surface area contributed by atoms with Gasteiger partial charge in [-0.15, -0.1) is 0 Å². The van der Waals surface area contributed by atoms with Crippen molar-refractivity contribution in [2.24, 2.45) is 11.8 Å². The third-order valence-corrected chi connectivity index (χ3v) is 5.03. The Morgan fingerprint density at radius 1 is 1.30 bits per heavy atom. The molecule has 1 heterocycles. The summed E-state index contributed by atoms with van der Waals surface area (Å²) in [4.78, 5) is 25.7. The summed E-state index contributed by atoms with van der Waals surface area (Å²) in [5.41, 5.74) is -1.05. The minimum atomic E-state index is -1.05. The number of amides is 2. The van der Waals surface area contributed by atoms with Gasteiger partial charge in [0.15, 0.2) is 0 Å². The minimum Gasteiger partial charge on any atom is -0.480 e. The van der Waals surface area contributed by atoms with E-state index < -0.39 is 11.5 Å². The second-order valence-corrected chi connectivity index (χ2v) is 6.51. The second-order valence-electron chi connectivity index (χ2n) is 6.51. The van der Waals surface area contributed by atoms with E-state index in [-0.39, 0.29) is 6.03 Å². The fraction of sp³-hybridized carbons (Fsp3) is 0.867. The highest BCUT2D eigenvalue weighted by Gasteiger charge is 2.43. The molecule has 5 heteroatoms. The van der Waals surface area contributed by atoms with Crippen LogP contribution >= 0.6 is 0 Å². The van der Waals surface area contributed by atoms with Gasteiger partial charge in [0.05, 0.1) is 0 Å². The Morgan fingerprint density at radius 3 is 2.45 bits per heavy atom. The quantitative estimate of drug-likeness (QED) is 0.835. The molecule has 1 atom stereocenters. The SMILES string of the molecule is CCC1CCN(C(=O)NC2(C(=O)O)CCC(C)CC2)C1. The Morgan fingerprint density at radius 2 is 1.95 bits per heavy atom. The molecule has 2 rings (SSSR count). The molecule has 0 aromatic heterocycles. The Hall–Kier alpha value is -1.26. The molecule has 0 spiro atoms. The van der Waals surface area contributed by atoms with Crippen LogP contribution in [0.4, 0.5) is 4.79 Å². The summed E-state index contributed by atoms with van der Waals surface area (Å²) < 4.78 is 0. The van der Waals surface area contributed by atoms with E-state index in [9.17, 15) is 14.7 Å². The lowest BCUT2D eigenvalue weighted by Gasteiger charge is -2.37. The lowest BCUT2D eigenvalue weighted by atomic mass is 9.77. The van der Waals surface area contributed by atoms with Gasteiger partial charge in [-0.05, 0) is 43.9 Å². The van der Waals surface area contributed by atoms with Crippen molar-refractivity contribution in [3.63, 3.8) is 0 Å². The molecule has 20 heavy (non-hydrogen) atoms. The number of likely N-dealkylation sites (tertiary alicyclic amines) is 1. The van der Waals surface area contributed by atoms with Crippen LogP contribution in [0.15, 0.2) is 0 Å². The average molecular weight is 282 g/mol. The Labute approximate surface area is 120 Å². The number of carboxylic acid groups (broad SMARTS) is 1. The first-order valence-electron chi connectivity index (χ1n) is 7.77. The van der Waals surface area contributed by atoms with Crippen molar-refractivity contribution in [2.45, 2.75) is 57.9 Å². The molecule has 1 unspecified atom stereocenters. The Balaban J connectivity index is 1.98. The van der Waals surface area contributed by atoms with Crippen LogP contribution in [0.2, 0.25) is 0 Å². The zero-order valence-corrected chi connectivity index (χ0v) is 12.5. The molecular formula is C15H26N2O3. The van der Waals surface area contributed by atoms with Crippen LogP contribution < -0.4 is 5.32 Å². The zero-order valence-electron chi connectivity index (χ0n) is 12.5. The van der Waals surface area contributed by atoms with Crippen molar-refractivity contribution in [2.75, 3.05) is 13.1 Å². The van der Waals surface area contributed by atoms with Crippen molar-refractivity contribution in [1.82, 2.24) is 10.2 Å². The molecule has 2 N–H and O–H groups in total. The molecule has 1 aliphatic carbocycles. The highest BCUT2D eigenvalue weighted by molar-refractivity contribution is 5.86. The average Bonchev–Trinajstić information content (AvgIpc) is 2.90. The van der Waals surface area contributed by atoms with E-state index in [1.54, 1.807) is 4.90 Å². The number of hydrogen-bond donors (Lipinski definition) is 2. The maximum atomic E-state index is 12.3. The molecule has 2 amide bonds. The molecule has 114 valence electrons. The maximum absolute atomic E-state index is 12.3. The predicted molar refractivity (Wildman–Crippen MR) is 76.5 cm³/mol. The highest BCUT2D eigenvalue weighted by atomic mass is 16.4. The molecule has 1 saturated heterocycles. The molecule has 0 bridgehead atoms. The van der Waals surface area contributed by atoms with Gasteiger partial charge in [0.25, 0.3) is 0 Å². The number of rotatable bonds is 3. The van der Waals surface area contributed by atoms with E-state index in [1.807, 2.05) is 0 Å². The standard InChI is InChI=1S/C15H26N2O3/c1-3-12-6-9-17(10-12)14(20)16-15(13(18)19)7-4-11(2)5-8-15/h11-12H,3-10H2,1-2H3,(H,16,20)(H,18,19). The molecule has 5 nitrogen and oxygen atoms in total. The number of urea groups is 1. The molecule has 1 aliphatic heterocycles. The van der Waals surface area contributed by atoms with Crippen LogP contribution in [0.3, 0.4) is 0 Å². The lowest BCUT2D eigenvalue weighted by molar-refractivity contribution is -0.146. The summed E-state index contributed by atoms with van der Waals surface area (Å²) in [5, 5.41) is 12.4. The number of carbonyl (C=O) groups is 2. The first-order chi connectivity index (χ1) is 9.47. The lowest BCUT2D eigenvalue weighted by Crippen LogP contribution is -2.59. The molecular weight excluding hydrogens is 256 g/mol. The van der Waals surface area contributed by atoms with Crippen molar-refractivity contribution < 1.29 is 14.7 Å². The summed E-state index contributed by atoms with van der Waals surface area (Å²) in [6.07, 6.45) is 4.92. The number of nitrogens with one attached hydrogen (secondary N) is 1. The number of nitrogens with zero attached hydrogens (tertiary/aromatic N) is 1. The smallest absolute Gasteiger partial charge is 0.329 e. The van der Waals surface area contributed by atoms with Gasteiger partial charge in [0.2, 0.25) is 0 Å². The first kappa shape index (κ1) is 15.1. The number of carboxylic acids is 1. The second kappa shape index (κ2) is 6.02. The van der Waals surface area contributed by atoms with Gasteiger partial charge >= 0.3 is 12.0 Å². The van der Waals surface area contributed by atoms with E-state index in [2.05, 4.69) is 19.2 Å². The normalized spacial score (nSPS) is 34.0. The van der Waals surface area contributed by atoms with Crippen LogP contribution in [-0.4, -0.2) is 40.6 Å². The van der Waals surface area contributed by atoms with Crippen LogP contribution in [0.5, 0.6) is 0 Å². The first-order valence-corrected chi connectivity index (χ1v) is 7.77. The van der Waals surface area contributed by atoms with Gasteiger partial charge in [0, 0.05) is 13.1 Å². The topological polar surface area (TPSA) is 69.6 Å². The van der Waals surface area contributed by atoms with Gasteiger partial charge < -0.3 is 15.3 Å². The van der Waals surface area contributed by atoms with Crippen LogP contribution in [0.25, 0.3) is 0 Å². The summed E-state index contributed by atoms with van der Waals surface area (Å²) >= 11 is 0. The molecule has 0 aromatic rings. The monoisotopic (exact) mass is 282 g/mol. The third-order valence-electron chi connectivity index (χ3n) is 5.03. The molecule has 0 aromatic carbocycles. The van der Waals surface area contributed by atoms with Gasteiger partial charge in [-0.1, -0.05) is 20.3 Å². The maximum Gasteiger partial charge on any atom is 0.329 e. The third kappa shape index (κ3) is 3.07. The van der Waals surface area contributed by atoms with Crippen molar-refractivity contribution in [3.05, 3.63) is 0 Å². The number of hydrogen-bond acceptors (Lipinski definition) is 2. The molecule has 2 aliphatic rings. The van der Waals surface area contributed by atoms with Gasteiger partial charge in [0.1, 0.15) is 5.54 Å². The number of carbonyl (C=O) groups excluding carboxylic acids is 1. The molecule has 2 fully saturated rings. The molecule has 0 radical (unpaired) electrons. The van der Waals surface area contributed by atoms with E-state index in [4.69, 9.17) is 0 Å². The Kier molecular flexibility index (Phi) is 4.55. The van der Waals surface area contributed by atoms with Crippen molar-refractivity contribution in [3.8, 4) is 0 Å². The van der Waals surface area contributed by atoms with E-state index in [0.29, 0.717) is 24.7 Å². The minimum absolute atomic E-state index is 0.196. The van der Waals surface area contributed by atoms with Crippen molar-refractivity contribution >= 4 is 12.0 Å². The van der Waals surface area contributed by atoms with Gasteiger partial charge in [-0.3, -0.25) is 0 Å². The van der Waals surface area contributed by atoms with Gasteiger partial charge in [-0.2, -0.15) is 0 Å². The summed E-state index contributed by atoms with van der Waals surface area (Å²) in [6, 6.07) is -0.196. The zero-order chi connectivity index (χ0) is 14.8. The Bertz CT molecular complexity index is 375. The molecule has 1 saturated carbocycles. The number of aliphatic carboxylic acids is 1. The summed E-state index contributed by atoms with van der Waals surface area (Å²) in [6.45, 7) is 5.78. The van der Waals surface area contributed by atoms with Crippen LogP contribution in [0.1, 0.15) is 52.4 Å². The highest BCUT2D eigenvalue weighted by Crippen LogP contribution is 2.32. The summed E-state index contributed by atoms with van der Waals surface area (Å²) in [7, 11) is 0. The van der Waals surface area contributed by atoms with Gasteiger partial charge in [-0.25, -0.2) is 9.59 Å².